The molecule has 0 spiro atoms. The van der Waals surface area contributed by atoms with Crippen molar-refractivity contribution >= 4 is 27.2 Å². The molecular formula is C20H21N3O3S. The monoisotopic (exact) mass is 383 g/mol. The molecule has 0 amide bonds. The third-order valence-corrected chi connectivity index (χ3v) is 5.44. The zero-order valence-corrected chi connectivity index (χ0v) is 16.2. The number of hydrogen-bond donors (Lipinski definition) is 2. The predicted molar refractivity (Wildman–Crippen MR) is 107 cm³/mol. The number of hydrogen-bond acceptors (Lipinski definition) is 5. The van der Waals surface area contributed by atoms with Crippen LogP contribution in [-0.4, -0.2) is 20.5 Å². The van der Waals surface area contributed by atoms with Gasteiger partial charge in [0.1, 0.15) is 11.6 Å². The summed E-state index contributed by atoms with van der Waals surface area (Å²) in [7, 11) is -2.16. The van der Waals surface area contributed by atoms with E-state index >= 15 is 0 Å². The minimum Gasteiger partial charge on any atom is -0.497 e. The van der Waals surface area contributed by atoms with E-state index in [0.29, 0.717) is 17.3 Å². The minimum absolute atomic E-state index is 0.154. The highest BCUT2D eigenvalue weighted by Gasteiger charge is 2.14. The van der Waals surface area contributed by atoms with Crippen LogP contribution in [0.25, 0.3) is 0 Å². The summed E-state index contributed by atoms with van der Waals surface area (Å²) in [4.78, 5) is 4.45. The van der Waals surface area contributed by atoms with Gasteiger partial charge in [0, 0.05) is 5.69 Å². The zero-order valence-electron chi connectivity index (χ0n) is 15.4. The van der Waals surface area contributed by atoms with Crippen molar-refractivity contribution < 1.29 is 13.2 Å². The third kappa shape index (κ3) is 4.57. The largest absolute Gasteiger partial charge is 0.497 e. The second kappa shape index (κ2) is 7.67. The Morgan fingerprint density at radius 3 is 2.33 bits per heavy atom. The van der Waals surface area contributed by atoms with E-state index < -0.39 is 10.0 Å². The van der Waals surface area contributed by atoms with Gasteiger partial charge in [-0.3, -0.25) is 4.72 Å². The summed E-state index contributed by atoms with van der Waals surface area (Å²) in [6.07, 6.45) is 1.48. The van der Waals surface area contributed by atoms with Crippen LogP contribution in [0.3, 0.4) is 0 Å². The van der Waals surface area contributed by atoms with Crippen LogP contribution in [-0.2, 0) is 10.0 Å². The van der Waals surface area contributed by atoms with Crippen molar-refractivity contribution in [1.29, 1.82) is 0 Å². The van der Waals surface area contributed by atoms with Crippen LogP contribution >= 0.6 is 0 Å². The van der Waals surface area contributed by atoms with Crippen molar-refractivity contribution in [2.24, 2.45) is 0 Å². The number of pyridine rings is 1. The molecule has 0 aliphatic rings. The average molecular weight is 383 g/mol. The van der Waals surface area contributed by atoms with Gasteiger partial charge in [0.05, 0.1) is 23.9 Å². The SMILES string of the molecule is COc1ccc(S(=O)(=O)Nc2ccc(Nc3cc(C)ccc3C)nc2)cc1. The lowest BCUT2D eigenvalue weighted by atomic mass is 10.1. The maximum atomic E-state index is 12.5. The highest BCUT2D eigenvalue weighted by atomic mass is 32.2. The van der Waals surface area contributed by atoms with Gasteiger partial charge in [-0.15, -0.1) is 0 Å². The topological polar surface area (TPSA) is 80.3 Å². The van der Waals surface area contributed by atoms with E-state index in [9.17, 15) is 8.42 Å². The molecule has 3 aromatic rings. The molecule has 0 fully saturated rings. The van der Waals surface area contributed by atoms with Crippen molar-refractivity contribution in [2.75, 3.05) is 17.1 Å². The predicted octanol–water partition coefficient (Wildman–Crippen LogP) is 4.25. The second-order valence-corrected chi connectivity index (χ2v) is 7.84. The fourth-order valence-corrected chi connectivity index (χ4v) is 3.55. The summed E-state index contributed by atoms with van der Waals surface area (Å²) in [5.41, 5.74) is 3.60. The Balaban J connectivity index is 1.74. The summed E-state index contributed by atoms with van der Waals surface area (Å²) in [5, 5.41) is 3.25. The second-order valence-electron chi connectivity index (χ2n) is 6.16. The van der Waals surface area contributed by atoms with Crippen LogP contribution in [0.5, 0.6) is 5.75 Å². The first-order valence-electron chi connectivity index (χ1n) is 8.34. The molecule has 0 atom stereocenters. The lowest BCUT2D eigenvalue weighted by Crippen LogP contribution is -2.13. The van der Waals surface area contributed by atoms with Gasteiger partial charge in [-0.1, -0.05) is 12.1 Å². The molecule has 0 saturated carbocycles. The maximum absolute atomic E-state index is 12.5. The normalized spacial score (nSPS) is 11.1. The van der Waals surface area contributed by atoms with E-state index in [2.05, 4.69) is 15.0 Å². The first kappa shape index (κ1) is 18.7. The Morgan fingerprint density at radius 2 is 1.70 bits per heavy atom. The number of methoxy groups -OCH3 is 1. The molecule has 2 aromatic carbocycles. The molecule has 2 N–H and O–H groups in total. The number of sulfonamides is 1. The molecule has 6 nitrogen and oxygen atoms in total. The molecule has 0 aliphatic carbocycles. The van der Waals surface area contributed by atoms with Crippen molar-refractivity contribution in [2.45, 2.75) is 18.7 Å². The number of anilines is 3. The fourth-order valence-electron chi connectivity index (χ4n) is 2.51. The molecule has 0 aliphatic heterocycles. The molecule has 140 valence electrons. The fraction of sp³-hybridized carbons (Fsp3) is 0.150. The van der Waals surface area contributed by atoms with Crippen LogP contribution in [0, 0.1) is 13.8 Å². The van der Waals surface area contributed by atoms with Crippen molar-refractivity contribution in [1.82, 2.24) is 4.98 Å². The van der Waals surface area contributed by atoms with E-state index in [-0.39, 0.29) is 4.90 Å². The Kier molecular flexibility index (Phi) is 5.32. The van der Waals surface area contributed by atoms with Crippen molar-refractivity contribution in [3.63, 3.8) is 0 Å². The van der Waals surface area contributed by atoms with E-state index in [0.717, 1.165) is 16.8 Å². The van der Waals surface area contributed by atoms with Crippen LogP contribution in [0.15, 0.2) is 65.7 Å². The van der Waals surface area contributed by atoms with E-state index in [1.54, 1.807) is 24.3 Å². The summed E-state index contributed by atoms with van der Waals surface area (Å²) in [6, 6.07) is 15.7. The van der Waals surface area contributed by atoms with Gasteiger partial charge in [-0.05, 0) is 67.4 Å². The Bertz CT molecular complexity index is 1030. The molecule has 1 aromatic heterocycles. The summed E-state index contributed by atoms with van der Waals surface area (Å²) < 4.78 is 32.5. The summed E-state index contributed by atoms with van der Waals surface area (Å²) >= 11 is 0. The lowest BCUT2D eigenvalue weighted by molar-refractivity contribution is 0.414. The summed E-state index contributed by atoms with van der Waals surface area (Å²) in [5.74, 6) is 1.23. The van der Waals surface area contributed by atoms with Crippen LogP contribution in [0.4, 0.5) is 17.2 Å². The number of ether oxygens (including phenoxy) is 1. The molecule has 0 radical (unpaired) electrons. The number of nitrogens with zero attached hydrogens (tertiary/aromatic N) is 1. The van der Waals surface area contributed by atoms with Crippen LogP contribution in [0.1, 0.15) is 11.1 Å². The van der Waals surface area contributed by atoms with Gasteiger partial charge in [-0.25, -0.2) is 13.4 Å². The quantitative estimate of drug-likeness (QED) is 0.665. The molecular weight excluding hydrogens is 362 g/mol. The number of benzene rings is 2. The minimum atomic E-state index is -3.69. The number of aryl methyl sites for hydroxylation is 2. The molecule has 7 heteroatoms. The Labute approximate surface area is 159 Å². The lowest BCUT2D eigenvalue weighted by Gasteiger charge is -2.11. The van der Waals surface area contributed by atoms with Gasteiger partial charge in [0.15, 0.2) is 0 Å². The van der Waals surface area contributed by atoms with Crippen molar-refractivity contribution in [3.8, 4) is 5.75 Å². The van der Waals surface area contributed by atoms with E-state index in [4.69, 9.17) is 4.74 Å². The van der Waals surface area contributed by atoms with Gasteiger partial charge >= 0.3 is 0 Å². The molecule has 0 saturated heterocycles. The Morgan fingerprint density at radius 1 is 0.963 bits per heavy atom. The molecule has 0 unspecified atom stereocenters. The van der Waals surface area contributed by atoms with Gasteiger partial charge in [0.25, 0.3) is 10.0 Å². The standard InChI is InChI=1S/C20H21N3O3S/c1-14-4-5-15(2)19(12-14)22-20-11-6-16(13-21-20)23-27(24,25)18-9-7-17(26-3)8-10-18/h4-13,23H,1-3H3,(H,21,22). The smallest absolute Gasteiger partial charge is 0.261 e. The first-order valence-corrected chi connectivity index (χ1v) is 9.83. The zero-order chi connectivity index (χ0) is 19.4. The van der Waals surface area contributed by atoms with E-state index in [1.165, 1.54) is 25.4 Å². The van der Waals surface area contributed by atoms with Gasteiger partial charge < -0.3 is 10.1 Å². The number of rotatable bonds is 6. The van der Waals surface area contributed by atoms with Gasteiger partial charge in [-0.2, -0.15) is 0 Å². The molecule has 0 bridgehead atoms. The highest BCUT2D eigenvalue weighted by Crippen LogP contribution is 2.23. The van der Waals surface area contributed by atoms with Crippen LogP contribution < -0.4 is 14.8 Å². The van der Waals surface area contributed by atoms with Crippen molar-refractivity contribution in [3.05, 3.63) is 71.9 Å². The summed E-state index contributed by atoms with van der Waals surface area (Å²) in [6.45, 7) is 4.04. The van der Waals surface area contributed by atoms with Crippen LogP contribution in [0.2, 0.25) is 0 Å². The van der Waals surface area contributed by atoms with Gasteiger partial charge in [0.2, 0.25) is 0 Å². The number of aromatic nitrogens is 1. The first-order chi connectivity index (χ1) is 12.9. The molecule has 27 heavy (non-hydrogen) atoms. The maximum Gasteiger partial charge on any atom is 0.261 e. The number of nitrogens with one attached hydrogen (secondary N) is 2. The third-order valence-electron chi connectivity index (χ3n) is 4.04. The molecule has 3 rings (SSSR count). The van der Waals surface area contributed by atoms with E-state index in [1.807, 2.05) is 32.0 Å². The Hall–Kier alpha value is -3.06. The highest BCUT2D eigenvalue weighted by molar-refractivity contribution is 7.92. The average Bonchev–Trinajstić information content (AvgIpc) is 2.66. The molecule has 1 heterocycles.